The fourth-order valence-corrected chi connectivity index (χ4v) is 4.87. The first-order valence-corrected chi connectivity index (χ1v) is 12.1. The van der Waals surface area contributed by atoms with Crippen molar-refractivity contribution in [2.75, 3.05) is 18.5 Å². The van der Waals surface area contributed by atoms with Crippen molar-refractivity contribution in [3.05, 3.63) is 77.2 Å². The quantitative estimate of drug-likeness (QED) is 0.332. The van der Waals surface area contributed by atoms with Crippen molar-refractivity contribution in [3.63, 3.8) is 0 Å². The predicted molar refractivity (Wildman–Crippen MR) is 136 cm³/mol. The third kappa shape index (κ3) is 4.27. The highest BCUT2D eigenvalue weighted by molar-refractivity contribution is 6.03. The Balaban J connectivity index is 1.52. The molecule has 0 radical (unpaired) electrons. The number of Topliss-reactive ketones (excluding diaryl/α,β-unsaturated/α-hetero) is 1. The topological polar surface area (TPSA) is 88.8 Å². The number of fused-ring (bicyclic) bond motifs is 1. The second-order valence-electron chi connectivity index (χ2n) is 9.26. The molecule has 4 aromatic rings. The van der Waals surface area contributed by atoms with Crippen molar-refractivity contribution in [3.8, 4) is 11.3 Å². The molecule has 1 unspecified atom stereocenters. The first kappa shape index (κ1) is 24.1. The van der Waals surface area contributed by atoms with Crippen LogP contribution in [0.25, 0.3) is 16.9 Å². The van der Waals surface area contributed by atoms with Gasteiger partial charge in [-0.3, -0.25) is 9.20 Å². The minimum absolute atomic E-state index is 0.0624. The molecular weight excluding hydrogens is 459 g/mol. The SMILES string of the molecule is CCc1c(-c2cnc3cc(C(C)F)ccn23)ccc(Nc2ccc([C@@]3(O)CCOC3)cn2)c1C(C)=O. The van der Waals surface area contributed by atoms with Crippen molar-refractivity contribution in [2.45, 2.75) is 45.4 Å². The highest BCUT2D eigenvalue weighted by Crippen LogP contribution is 2.35. The lowest BCUT2D eigenvalue weighted by molar-refractivity contribution is 0.0229. The number of halogens is 1. The van der Waals surface area contributed by atoms with Crippen LogP contribution in [0.15, 0.2) is 55.0 Å². The van der Waals surface area contributed by atoms with Crippen LogP contribution in [0, 0.1) is 0 Å². The largest absolute Gasteiger partial charge is 0.383 e. The van der Waals surface area contributed by atoms with E-state index in [4.69, 9.17) is 4.74 Å². The molecule has 36 heavy (non-hydrogen) atoms. The lowest BCUT2D eigenvalue weighted by atomic mass is 9.93. The zero-order valence-corrected chi connectivity index (χ0v) is 20.6. The van der Waals surface area contributed by atoms with Crippen LogP contribution in [0.3, 0.4) is 0 Å². The molecule has 0 spiro atoms. The third-order valence-electron chi connectivity index (χ3n) is 6.86. The summed E-state index contributed by atoms with van der Waals surface area (Å²) in [6, 6.07) is 11.0. The van der Waals surface area contributed by atoms with E-state index in [-0.39, 0.29) is 12.4 Å². The summed E-state index contributed by atoms with van der Waals surface area (Å²) in [6.45, 7) is 5.85. The molecule has 1 aromatic carbocycles. The standard InChI is InChI=1S/C28H29FN4O3/c1-4-21-22(24-15-31-26-13-19(17(2)29)9-11-33(24)26)6-7-23(27(21)18(3)34)32-25-8-5-20(14-30-25)28(35)10-12-36-16-28/h5-9,11,13-15,17,35H,4,10,12,16H2,1-3H3,(H,30,32)/t17?,28-/m1/s1. The first-order chi connectivity index (χ1) is 17.3. The average Bonchev–Trinajstić information content (AvgIpc) is 3.50. The van der Waals surface area contributed by atoms with Gasteiger partial charge in [0.05, 0.1) is 24.2 Å². The van der Waals surface area contributed by atoms with Gasteiger partial charge in [0, 0.05) is 42.1 Å². The van der Waals surface area contributed by atoms with Gasteiger partial charge in [-0.1, -0.05) is 19.1 Å². The van der Waals surface area contributed by atoms with Gasteiger partial charge in [0.2, 0.25) is 0 Å². The summed E-state index contributed by atoms with van der Waals surface area (Å²) in [5.74, 6) is 0.508. The summed E-state index contributed by atoms with van der Waals surface area (Å²) in [6.07, 6.45) is 5.31. The van der Waals surface area contributed by atoms with Crippen LogP contribution in [0.5, 0.6) is 0 Å². The van der Waals surface area contributed by atoms with Gasteiger partial charge in [-0.2, -0.15) is 0 Å². The molecule has 0 aliphatic carbocycles. The van der Waals surface area contributed by atoms with Gasteiger partial charge >= 0.3 is 0 Å². The maximum absolute atomic E-state index is 13.8. The number of carbonyl (C=O) groups excluding carboxylic acids is 1. The molecule has 0 saturated carbocycles. The zero-order chi connectivity index (χ0) is 25.4. The molecule has 0 amide bonds. The van der Waals surface area contributed by atoms with Crippen molar-refractivity contribution in [1.82, 2.24) is 14.4 Å². The third-order valence-corrected chi connectivity index (χ3v) is 6.86. The van der Waals surface area contributed by atoms with E-state index < -0.39 is 11.8 Å². The molecule has 2 atom stereocenters. The minimum Gasteiger partial charge on any atom is -0.383 e. The Labute approximate surface area is 209 Å². The molecule has 1 aliphatic heterocycles. The van der Waals surface area contributed by atoms with Crippen LogP contribution in [0.4, 0.5) is 15.9 Å². The predicted octanol–water partition coefficient (Wildman–Crippen LogP) is 5.54. The van der Waals surface area contributed by atoms with E-state index in [0.717, 1.165) is 16.8 Å². The molecule has 1 saturated heterocycles. The average molecular weight is 489 g/mol. The van der Waals surface area contributed by atoms with Crippen LogP contribution in [-0.4, -0.2) is 38.5 Å². The van der Waals surface area contributed by atoms with Crippen LogP contribution < -0.4 is 5.32 Å². The fraction of sp³-hybridized carbons (Fsp3) is 0.321. The number of aliphatic hydroxyl groups is 1. The molecular formula is C28H29FN4O3. The number of aromatic nitrogens is 3. The minimum atomic E-state index is -1.08. The Morgan fingerprint density at radius 2 is 2.08 bits per heavy atom. The monoisotopic (exact) mass is 488 g/mol. The number of ether oxygens (including phenoxy) is 1. The molecule has 4 heterocycles. The summed E-state index contributed by atoms with van der Waals surface area (Å²) in [5.41, 5.74) is 4.80. The highest BCUT2D eigenvalue weighted by Gasteiger charge is 2.34. The molecule has 7 nitrogen and oxygen atoms in total. The molecule has 8 heteroatoms. The molecule has 1 aliphatic rings. The van der Waals surface area contributed by atoms with E-state index in [1.807, 2.05) is 35.7 Å². The molecule has 3 aromatic heterocycles. The van der Waals surface area contributed by atoms with Crippen LogP contribution in [0.2, 0.25) is 0 Å². The number of benzene rings is 1. The molecule has 0 bridgehead atoms. The lowest BCUT2D eigenvalue weighted by Crippen LogP contribution is -2.25. The normalized spacial score (nSPS) is 18.5. The number of ketones is 1. The molecule has 5 rings (SSSR count). The second-order valence-corrected chi connectivity index (χ2v) is 9.26. The summed E-state index contributed by atoms with van der Waals surface area (Å²) in [5, 5.41) is 14.0. The van der Waals surface area contributed by atoms with Gasteiger partial charge in [-0.05, 0) is 55.7 Å². The Kier molecular flexibility index (Phi) is 6.32. The van der Waals surface area contributed by atoms with Crippen LogP contribution >= 0.6 is 0 Å². The van der Waals surface area contributed by atoms with Crippen molar-refractivity contribution >= 4 is 22.9 Å². The lowest BCUT2D eigenvalue weighted by Gasteiger charge is -2.21. The summed E-state index contributed by atoms with van der Waals surface area (Å²) < 4.78 is 21.0. The maximum Gasteiger partial charge on any atom is 0.162 e. The summed E-state index contributed by atoms with van der Waals surface area (Å²) in [7, 11) is 0. The molecule has 2 N–H and O–H groups in total. The number of rotatable bonds is 7. The van der Waals surface area contributed by atoms with Gasteiger partial charge in [0.15, 0.2) is 5.78 Å². The number of nitrogens with zero attached hydrogens (tertiary/aromatic N) is 3. The van der Waals surface area contributed by atoms with E-state index in [0.29, 0.717) is 53.3 Å². The Hall–Kier alpha value is -3.62. The molecule has 186 valence electrons. The Bertz CT molecular complexity index is 1420. The Morgan fingerprint density at radius 3 is 2.72 bits per heavy atom. The smallest absolute Gasteiger partial charge is 0.162 e. The second kappa shape index (κ2) is 9.44. The number of imidazole rings is 1. The number of hydrogen-bond donors (Lipinski definition) is 2. The van der Waals surface area contributed by atoms with Gasteiger partial charge in [-0.15, -0.1) is 0 Å². The first-order valence-electron chi connectivity index (χ1n) is 12.1. The van der Waals surface area contributed by atoms with E-state index in [1.165, 1.54) is 6.92 Å². The molecule has 1 fully saturated rings. The van der Waals surface area contributed by atoms with Gasteiger partial charge in [-0.25, -0.2) is 14.4 Å². The van der Waals surface area contributed by atoms with Crippen molar-refractivity contribution in [2.24, 2.45) is 0 Å². The Morgan fingerprint density at radius 1 is 1.25 bits per heavy atom. The van der Waals surface area contributed by atoms with Crippen molar-refractivity contribution < 1.29 is 19.0 Å². The van der Waals surface area contributed by atoms with E-state index in [2.05, 4.69) is 15.3 Å². The van der Waals surface area contributed by atoms with Gasteiger partial charge in [0.25, 0.3) is 0 Å². The summed E-state index contributed by atoms with van der Waals surface area (Å²) >= 11 is 0. The number of hydrogen-bond acceptors (Lipinski definition) is 6. The van der Waals surface area contributed by atoms with Crippen molar-refractivity contribution in [1.29, 1.82) is 0 Å². The highest BCUT2D eigenvalue weighted by atomic mass is 19.1. The van der Waals surface area contributed by atoms with Gasteiger partial charge < -0.3 is 15.2 Å². The number of anilines is 2. The maximum atomic E-state index is 13.8. The number of pyridine rings is 2. The fourth-order valence-electron chi connectivity index (χ4n) is 4.87. The van der Waals surface area contributed by atoms with Crippen LogP contribution in [0.1, 0.15) is 60.4 Å². The van der Waals surface area contributed by atoms with Gasteiger partial charge in [0.1, 0.15) is 23.2 Å². The number of nitrogens with one attached hydrogen (secondary N) is 1. The van der Waals surface area contributed by atoms with E-state index in [1.54, 1.807) is 37.5 Å². The van der Waals surface area contributed by atoms with Crippen LogP contribution in [-0.2, 0) is 16.8 Å². The summed E-state index contributed by atoms with van der Waals surface area (Å²) in [4.78, 5) is 21.8. The van der Waals surface area contributed by atoms with E-state index in [9.17, 15) is 14.3 Å². The van der Waals surface area contributed by atoms with E-state index >= 15 is 0 Å². The number of carbonyl (C=O) groups is 1. The zero-order valence-electron chi connectivity index (χ0n) is 20.6. The number of alkyl halides is 1.